The van der Waals surface area contributed by atoms with E-state index in [0.29, 0.717) is 0 Å². The van der Waals surface area contributed by atoms with Gasteiger partial charge in [-0.2, -0.15) is 20.8 Å². The van der Waals surface area contributed by atoms with Gasteiger partial charge in [0, 0.05) is 20.8 Å². The van der Waals surface area contributed by atoms with Crippen LogP contribution in [0.5, 0.6) is 0 Å². The van der Waals surface area contributed by atoms with E-state index in [1.54, 1.807) is 0 Å². The SMILES string of the molecule is C[C-](C)C.[C-]#[N+]C(C)(C)C.[CH-]=O.[CH-]=O.[Ru+4]. The largest absolute Gasteiger partial charge is 4.00 e. The zero-order chi connectivity index (χ0) is 12.8. The number of hydrogen-bond donors (Lipinski definition) is 0. The van der Waals surface area contributed by atoms with Crippen LogP contribution in [0.3, 0.4) is 0 Å². The number of hydrogen-bond acceptors (Lipinski definition) is 2. The van der Waals surface area contributed by atoms with Gasteiger partial charge >= 0.3 is 19.5 Å². The van der Waals surface area contributed by atoms with Gasteiger partial charge in [-0.3, -0.25) is 13.6 Å². The van der Waals surface area contributed by atoms with Crippen molar-refractivity contribution in [1.29, 1.82) is 0 Å². The van der Waals surface area contributed by atoms with Crippen molar-refractivity contribution in [1.82, 2.24) is 0 Å². The Kier molecular flexibility index (Phi) is 45.6. The average molecular weight is 299 g/mol. The Morgan fingerprint density at radius 2 is 1.07 bits per heavy atom. The molecule has 0 aliphatic heterocycles. The second-order valence-electron chi connectivity index (χ2n) is 3.78. The van der Waals surface area contributed by atoms with Gasteiger partial charge in [-0.05, 0) is 0 Å². The van der Waals surface area contributed by atoms with Gasteiger partial charge in [0.1, 0.15) is 0 Å². The van der Waals surface area contributed by atoms with Gasteiger partial charge in [0.05, 0.1) is 0 Å². The van der Waals surface area contributed by atoms with E-state index < -0.39 is 0 Å². The molecule has 0 unspecified atom stereocenters. The molecular formula is C11H20NO2Ru+. The first-order chi connectivity index (χ1) is 6.29. The fourth-order valence-electron chi connectivity index (χ4n) is 0. The van der Waals surface area contributed by atoms with Gasteiger partial charge in [-0.15, -0.1) is 0 Å². The van der Waals surface area contributed by atoms with Crippen molar-refractivity contribution in [3.8, 4) is 0 Å². The standard InChI is InChI=1S/C5H9N.C4H9.2CHO.Ru/c1-5(2,3)6-4;1-4(2)3;2*1-2;/h1-3H3;1-3H3;2*1H;/q;3*-1;+4. The number of rotatable bonds is 0. The average Bonchev–Trinajstić information content (AvgIpc) is 2.09. The topological polar surface area (TPSA) is 38.5 Å². The third-order valence-corrected chi connectivity index (χ3v) is 0.335. The monoisotopic (exact) mass is 300 g/mol. The molecule has 3 nitrogen and oxygen atoms in total. The second-order valence-corrected chi connectivity index (χ2v) is 3.78. The van der Waals surface area contributed by atoms with Gasteiger partial charge in [0.25, 0.3) is 0 Å². The molecule has 0 spiro atoms. The summed E-state index contributed by atoms with van der Waals surface area (Å²) in [6.45, 7) is 24.9. The van der Waals surface area contributed by atoms with Gasteiger partial charge in [0.15, 0.2) is 0 Å². The fraction of sp³-hybridized carbons (Fsp3) is 0.636. The Labute approximate surface area is 107 Å². The molecule has 0 fully saturated rings. The molecule has 0 atom stereocenters. The summed E-state index contributed by atoms with van der Waals surface area (Å²) in [5.41, 5.74) is -0.167. The van der Waals surface area contributed by atoms with E-state index in [1.165, 1.54) is 5.92 Å². The molecule has 0 aromatic carbocycles. The Morgan fingerprint density at radius 1 is 1.00 bits per heavy atom. The molecule has 0 rings (SSSR count). The van der Waals surface area contributed by atoms with E-state index in [-0.39, 0.29) is 25.0 Å². The second kappa shape index (κ2) is 23.3. The normalized spacial score (nSPS) is 7.07. The molecule has 0 aromatic rings. The number of nitrogens with zero attached hydrogens (tertiary/aromatic N) is 1. The Bertz CT molecular complexity index is 132. The Morgan fingerprint density at radius 3 is 1.07 bits per heavy atom. The van der Waals surface area contributed by atoms with Crippen molar-refractivity contribution in [3.05, 3.63) is 17.3 Å². The predicted molar refractivity (Wildman–Crippen MR) is 60.1 cm³/mol. The minimum atomic E-state index is -0.167. The molecule has 0 saturated heterocycles. The van der Waals surface area contributed by atoms with Crippen LogP contribution in [0.2, 0.25) is 0 Å². The summed E-state index contributed by atoms with van der Waals surface area (Å²) in [6.07, 6.45) is 0. The third-order valence-electron chi connectivity index (χ3n) is 0.335. The van der Waals surface area contributed by atoms with Gasteiger partial charge < -0.3 is 20.4 Å². The first-order valence-corrected chi connectivity index (χ1v) is 3.92. The summed E-state index contributed by atoms with van der Waals surface area (Å²) in [4.78, 5) is 18.8. The maximum Gasteiger partial charge on any atom is 4.00 e. The first-order valence-electron chi connectivity index (χ1n) is 3.92. The van der Waals surface area contributed by atoms with Crippen LogP contribution >= 0.6 is 0 Å². The number of carbonyl (C=O) groups excluding carboxylic acids is 2. The third kappa shape index (κ3) is 293. The molecule has 88 valence electrons. The van der Waals surface area contributed by atoms with Crippen LogP contribution in [-0.4, -0.2) is 19.1 Å². The van der Waals surface area contributed by atoms with Crippen LogP contribution in [0.4, 0.5) is 0 Å². The van der Waals surface area contributed by atoms with Crippen molar-refractivity contribution in [3.63, 3.8) is 0 Å². The van der Waals surface area contributed by atoms with E-state index in [2.05, 4.69) is 39.2 Å². The molecule has 0 aliphatic rings. The minimum Gasteiger partial charge on any atom is -0.545 e. The van der Waals surface area contributed by atoms with Gasteiger partial charge in [0.2, 0.25) is 5.54 Å². The van der Waals surface area contributed by atoms with Gasteiger partial charge in [-0.25, -0.2) is 6.57 Å². The van der Waals surface area contributed by atoms with Crippen molar-refractivity contribution >= 4 is 13.6 Å². The van der Waals surface area contributed by atoms with Crippen molar-refractivity contribution < 1.29 is 29.1 Å². The molecule has 4 heteroatoms. The molecule has 0 radical (unpaired) electrons. The zero-order valence-corrected chi connectivity index (χ0v) is 12.0. The maximum atomic E-state index is 7.75. The van der Waals surface area contributed by atoms with E-state index >= 15 is 0 Å². The van der Waals surface area contributed by atoms with E-state index in [0.717, 1.165) is 0 Å². The summed E-state index contributed by atoms with van der Waals surface area (Å²) >= 11 is 0. The van der Waals surface area contributed by atoms with E-state index in [1.807, 2.05) is 20.8 Å². The molecule has 0 aromatic heterocycles. The molecule has 0 aliphatic carbocycles. The van der Waals surface area contributed by atoms with Crippen molar-refractivity contribution in [2.75, 3.05) is 0 Å². The quantitative estimate of drug-likeness (QED) is 0.392. The van der Waals surface area contributed by atoms with Crippen LogP contribution in [0.1, 0.15) is 41.5 Å². The predicted octanol–water partition coefficient (Wildman–Crippen LogP) is 2.77. The van der Waals surface area contributed by atoms with Crippen molar-refractivity contribution in [2.45, 2.75) is 47.1 Å². The fourth-order valence-corrected chi connectivity index (χ4v) is 0. The smallest absolute Gasteiger partial charge is 0.545 e. The maximum absolute atomic E-state index is 7.75. The van der Waals surface area contributed by atoms with Crippen LogP contribution < -0.4 is 0 Å². The summed E-state index contributed by atoms with van der Waals surface area (Å²) in [5, 5.41) is 0. The van der Waals surface area contributed by atoms with E-state index in [4.69, 9.17) is 16.2 Å². The summed E-state index contributed by atoms with van der Waals surface area (Å²) in [7, 11) is 0. The molecular weight excluding hydrogens is 279 g/mol. The zero-order valence-electron chi connectivity index (χ0n) is 10.3. The Balaban J connectivity index is -0.0000000327. The molecule has 15 heavy (non-hydrogen) atoms. The Hall–Kier alpha value is -0.547. The van der Waals surface area contributed by atoms with Gasteiger partial charge in [-0.1, -0.05) is 0 Å². The van der Waals surface area contributed by atoms with Crippen LogP contribution in [-0.2, 0) is 29.1 Å². The summed E-state index contributed by atoms with van der Waals surface area (Å²) in [6, 6.07) is 0. The van der Waals surface area contributed by atoms with Crippen LogP contribution in [0.25, 0.3) is 4.85 Å². The molecule has 0 bridgehead atoms. The molecule has 0 N–H and O–H groups in total. The molecule has 0 saturated carbocycles. The first kappa shape index (κ1) is 29.3. The van der Waals surface area contributed by atoms with Crippen LogP contribution in [0, 0.1) is 12.5 Å². The van der Waals surface area contributed by atoms with Crippen LogP contribution in [0.15, 0.2) is 0 Å². The van der Waals surface area contributed by atoms with E-state index in [9.17, 15) is 0 Å². The summed E-state index contributed by atoms with van der Waals surface area (Å²) in [5.74, 6) is 1.42. The minimum absolute atomic E-state index is 0. The summed E-state index contributed by atoms with van der Waals surface area (Å²) < 4.78 is 0. The molecule has 0 amide bonds. The van der Waals surface area contributed by atoms with Crippen molar-refractivity contribution in [2.24, 2.45) is 0 Å². The molecule has 0 heterocycles.